The van der Waals surface area contributed by atoms with Crippen LogP contribution in [0.4, 0.5) is 0 Å². The summed E-state index contributed by atoms with van der Waals surface area (Å²) in [5, 5.41) is 21.9. The smallest absolute Gasteiger partial charge is 0.341 e. The zero-order valence-corrected chi connectivity index (χ0v) is 9.43. The molecule has 1 aromatic carbocycles. The number of halogens is 1. The molecule has 0 saturated carbocycles. The van der Waals surface area contributed by atoms with Crippen molar-refractivity contribution in [1.82, 2.24) is 5.16 Å². The molecule has 0 atom stereocenters. The molecule has 2 N–H and O–H groups in total. The van der Waals surface area contributed by atoms with Crippen molar-refractivity contribution in [2.24, 2.45) is 0 Å². The van der Waals surface area contributed by atoms with Gasteiger partial charge in [0.1, 0.15) is 11.3 Å². The predicted octanol–water partition coefficient (Wildman–Crippen LogP) is 2.51. The molecule has 2 rings (SSSR count). The lowest BCUT2D eigenvalue weighted by Crippen LogP contribution is -1.95. The lowest BCUT2D eigenvalue weighted by atomic mass is 10.1. The minimum absolute atomic E-state index is 0.0394. The Labute approximate surface area is 98.4 Å². The third-order valence-corrected chi connectivity index (χ3v) is 2.50. The molecule has 0 saturated heterocycles. The molecule has 0 amide bonds. The SMILES string of the molecule is O=C(O)c1cnoc1-c1ccc(Br)cc1O. The van der Waals surface area contributed by atoms with Gasteiger partial charge in [0, 0.05) is 4.47 Å². The Morgan fingerprint density at radius 1 is 1.44 bits per heavy atom. The second-order valence-electron chi connectivity index (χ2n) is 3.04. The third kappa shape index (κ3) is 1.79. The summed E-state index contributed by atoms with van der Waals surface area (Å²) in [6.07, 6.45) is 1.10. The van der Waals surface area contributed by atoms with Crippen molar-refractivity contribution in [3.63, 3.8) is 0 Å². The van der Waals surface area contributed by atoms with Crippen LogP contribution in [0.5, 0.6) is 5.75 Å². The number of aromatic nitrogens is 1. The number of hydrogen-bond acceptors (Lipinski definition) is 4. The van der Waals surface area contributed by atoms with Crippen LogP contribution in [0.15, 0.2) is 33.4 Å². The second-order valence-corrected chi connectivity index (χ2v) is 3.95. The summed E-state index contributed by atoms with van der Waals surface area (Å²) in [6, 6.07) is 4.67. The zero-order valence-electron chi connectivity index (χ0n) is 7.85. The highest BCUT2D eigenvalue weighted by Crippen LogP contribution is 2.33. The Balaban J connectivity index is 2.59. The van der Waals surface area contributed by atoms with Crippen LogP contribution in [-0.2, 0) is 0 Å². The number of carboxylic acids is 1. The highest BCUT2D eigenvalue weighted by atomic mass is 79.9. The fourth-order valence-electron chi connectivity index (χ4n) is 1.28. The topological polar surface area (TPSA) is 83.6 Å². The Hall–Kier alpha value is -1.82. The van der Waals surface area contributed by atoms with Gasteiger partial charge in [0.25, 0.3) is 0 Å². The van der Waals surface area contributed by atoms with Gasteiger partial charge in [-0.2, -0.15) is 0 Å². The van der Waals surface area contributed by atoms with Gasteiger partial charge < -0.3 is 14.7 Å². The summed E-state index contributed by atoms with van der Waals surface area (Å²) in [6.45, 7) is 0. The molecule has 0 aliphatic heterocycles. The van der Waals surface area contributed by atoms with Crippen LogP contribution in [0, 0.1) is 0 Å². The minimum Gasteiger partial charge on any atom is -0.507 e. The van der Waals surface area contributed by atoms with Crippen LogP contribution in [0.3, 0.4) is 0 Å². The summed E-state index contributed by atoms with van der Waals surface area (Å²) in [5.74, 6) is -1.19. The molecule has 16 heavy (non-hydrogen) atoms. The van der Waals surface area contributed by atoms with Crippen LogP contribution < -0.4 is 0 Å². The van der Waals surface area contributed by atoms with Crippen molar-refractivity contribution >= 4 is 21.9 Å². The number of nitrogens with zero attached hydrogens (tertiary/aromatic N) is 1. The number of aromatic carboxylic acids is 1. The van der Waals surface area contributed by atoms with Gasteiger partial charge in [0.2, 0.25) is 0 Å². The maximum Gasteiger partial charge on any atom is 0.341 e. The number of carboxylic acid groups (broad SMARTS) is 1. The molecule has 1 aromatic heterocycles. The van der Waals surface area contributed by atoms with E-state index in [4.69, 9.17) is 9.63 Å². The number of hydrogen-bond donors (Lipinski definition) is 2. The molecular weight excluding hydrogens is 278 g/mol. The van der Waals surface area contributed by atoms with Crippen LogP contribution in [0.25, 0.3) is 11.3 Å². The van der Waals surface area contributed by atoms with Crippen molar-refractivity contribution in [2.45, 2.75) is 0 Å². The fourth-order valence-corrected chi connectivity index (χ4v) is 1.63. The van der Waals surface area contributed by atoms with E-state index < -0.39 is 5.97 Å². The number of rotatable bonds is 2. The molecule has 2 aromatic rings. The van der Waals surface area contributed by atoms with Crippen molar-refractivity contribution in [2.75, 3.05) is 0 Å². The first-order valence-electron chi connectivity index (χ1n) is 4.26. The molecule has 0 spiro atoms. The standard InChI is InChI=1S/C10H6BrNO4/c11-5-1-2-6(8(13)3-5)9-7(10(14)15)4-12-16-9/h1-4,13H,(H,14,15). The lowest BCUT2D eigenvalue weighted by molar-refractivity contribution is 0.0697. The van der Waals surface area contributed by atoms with Crippen LogP contribution in [0.2, 0.25) is 0 Å². The first kappa shape index (κ1) is 10.7. The molecule has 6 heteroatoms. The number of aromatic hydroxyl groups is 1. The van der Waals surface area contributed by atoms with Crippen LogP contribution in [0.1, 0.15) is 10.4 Å². The molecular formula is C10H6BrNO4. The monoisotopic (exact) mass is 283 g/mol. The van der Waals surface area contributed by atoms with Gasteiger partial charge in [-0.05, 0) is 18.2 Å². The average Bonchev–Trinajstić information content (AvgIpc) is 2.66. The van der Waals surface area contributed by atoms with Crippen molar-refractivity contribution in [3.05, 3.63) is 34.4 Å². The van der Waals surface area contributed by atoms with E-state index in [-0.39, 0.29) is 22.6 Å². The Morgan fingerprint density at radius 3 is 2.81 bits per heavy atom. The summed E-state index contributed by atoms with van der Waals surface area (Å²) in [5.41, 5.74) is 0.204. The van der Waals surface area contributed by atoms with E-state index in [0.29, 0.717) is 4.47 Å². The highest BCUT2D eigenvalue weighted by Gasteiger charge is 2.19. The van der Waals surface area contributed by atoms with Gasteiger partial charge in [0.15, 0.2) is 5.76 Å². The van der Waals surface area contributed by atoms with E-state index in [2.05, 4.69) is 21.1 Å². The summed E-state index contributed by atoms with van der Waals surface area (Å²) < 4.78 is 5.51. The Kier molecular flexibility index (Phi) is 2.66. The first-order valence-corrected chi connectivity index (χ1v) is 5.05. The highest BCUT2D eigenvalue weighted by molar-refractivity contribution is 9.10. The third-order valence-electron chi connectivity index (χ3n) is 2.01. The molecule has 0 bridgehead atoms. The van der Waals surface area contributed by atoms with E-state index >= 15 is 0 Å². The Bertz CT molecular complexity index is 550. The maximum atomic E-state index is 10.8. The van der Waals surface area contributed by atoms with Crippen LogP contribution >= 0.6 is 15.9 Å². The van der Waals surface area contributed by atoms with Gasteiger partial charge in [0.05, 0.1) is 11.8 Å². The predicted molar refractivity (Wildman–Crippen MR) is 58.3 cm³/mol. The molecule has 5 nitrogen and oxygen atoms in total. The number of phenolic OH excluding ortho intramolecular Hbond substituents is 1. The van der Waals surface area contributed by atoms with E-state index in [1.807, 2.05) is 0 Å². The minimum atomic E-state index is -1.15. The van der Waals surface area contributed by atoms with E-state index in [9.17, 15) is 9.90 Å². The van der Waals surface area contributed by atoms with E-state index in [0.717, 1.165) is 6.20 Å². The molecule has 0 unspecified atom stereocenters. The quantitative estimate of drug-likeness (QED) is 0.885. The van der Waals surface area contributed by atoms with E-state index in [1.165, 1.54) is 6.07 Å². The van der Waals surface area contributed by atoms with Crippen LogP contribution in [-0.4, -0.2) is 21.3 Å². The van der Waals surface area contributed by atoms with Gasteiger partial charge >= 0.3 is 5.97 Å². The molecule has 0 fully saturated rings. The summed E-state index contributed by atoms with van der Waals surface area (Å²) >= 11 is 3.18. The second kappa shape index (κ2) is 3.97. The number of carbonyl (C=O) groups is 1. The van der Waals surface area contributed by atoms with Gasteiger partial charge in [-0.15, -0.1) is 0 Å². The van der Waals surface area contributed by atoms with Gasteiger partial charge in [-0.25, -0.2) is 4.79 Å². The lowest BCUT2D eigenvalue weighted by Gasteiger charge is -2.01. The van der Waals surface area contributed by atoms with E-state index in [1.54, 1.807) is 12.1 Å². The molecule has 0 aliphatic carbocycles. The molecule has 82 valence electrons. The molecule has 0 radical (unpaired) electrons. The van der Waals surface area contributed by atoms with Gasteiger partial charge in [-0.1, -0.05) is 21.1 Å². The normalized spacial score (nSPS) is 10.3. The Morgan fingerprint density at radius 2 is 2.19 bits per heavy atom. The maximum absolute atomic E-state index is 10.8. The summed E-state index contributed by atoms with van der Waals surface area (Å²) in [4.78, 5) is 10.8. The van der Waals surface area contributed by atoms with Crippen molar-refractivity contribution in [3.8, 4) is 17.1 Å². The number of benzene rings is 1. The molecule has 0 aliphatic rings. The summed E-state index contributed by atoms with van der Waals surface area (Å²) in [7, 11) is 0. The largest absolute Gasteiger partial charge is 0.507 e. The zero-order chi connectivity index (χ0) is 11.7. The van der Waals surface area contributed by atoms with Crippen molar-refractivity contribution in [1.29, 1.82) is 0 Å². The average molecular weight is 284 g/mol. The van der Waals surface area contributed by atoms with Crippen molar-refractivity contribution < 1.29 is 19.5 Å². The number of phenols is 1. The fraction of sp³-hybridized carbons (Fsp3) is 0. The molecule has 1 heterocycles. The van der Waals surface area contributed by atoms with Gasteiger partial charge in [-0.3, -0.25) is 0 Å². The first-order chi connectivity index (χ1) is 7.59.